The minimum absolute atomic E-state index is 0.0467. The largest absolute Gasteiger partial charge is 0.507 e. The Kier molecular flexibility index (Phi) is 4.21. The molecule has 1 amide bonds. The molecule has 0 radical (unpaired) electrons. The van der Waals surface area contributed by atoms with Crippen molar-refractivity contribution in [1.29, 1.82) is 0 Å². The summed E-state index contributed by atoms with van der Waals surface area (Å²) < 4.78 is 0. The van der Waals surface area contributed by atoms with Crippen molar-refractivity contribution >= 4 is 17.6 Å². The second-order valence-electron chi connectivity index (χ2n) is 6.31. The lowest BCUT2D eigenvalue weighted by molar-refractivity contribution is -0.124. The van der Waals surface area contributed by atoms with Crippen LogP contribution in [0.5, 0.6) is 5.75 Å². The maximum atomic E-state index is 12.4. The second kappa shape index (κ2) is 5.76. The van der Waals surface area contributed by atoms with Crippen LogP contribution in [0.2, 0.25) is 0 Å². The van der Waals surface area contributed by atoms with Crippen LogP contribution in [-0.4, -0.2) is 22.1 Å². The van der Waals surface area contributed by atoms with E-state index < -0.39 is 5.97 Å². The standard InChI is InChI=1S/C16H21NO4/c1-16(2)8-4-3-5-12(16)14(19)17-10-6-7-13(18)11(9-10)15(20)21/h6-7,9,12,18H,3-5,8H2,1-2H3,(H,17,19)(H,20,21). The fourth-order valence-corrected chi connectivity index (χ4v) is 2.99. The highest BCUT2D eigenvalue weighted by Gasteiger charge is 2.37. The number of aromatic carboxylic acids is 1. The molecule has 1 saturated carbocycles. The summed E-state index contributed by atoms with van der Waals surface area (Å²) in [6.07, 6.45) is 4.04. The van der Waals surface area contributed by atoms with Gasteiger partial charge >= 0.3 is 5.97 Å². The average molecular weight is 291 g/mol. The number of carboxylic acids is 1. The van der Waals surface area contributed by atoms with Gasteiger partial charge in [0.2, 0.25) is 5.91 Å². The van der Waals surface area contributed by atoms with E-state index in [0.717, 1.165) is 25.7 Å². The zero-order chi connectivity index (χ0) is 15.6. The molecule has 1 aliphatic carbocycles. The van der Waals surface area contributed by atoms with Crippen molar-refractivity contribution in [1.82, 2.24) is 0 Å². The van der Waals surface area contributed by atoms with E-state index in [0.29, 0.717) is 5.69 Å². The van der Waals surface area contributed by atoms with Gasteiger partial charge in [0.15, 0.2) is 0 Å². The molecule has 1 aromatic rings. The Bertz CT molecular complexity index is 565. The van der Waals surface area contributed by atoms with Crippen molar-refractivity contribution < 1.29 is 19.8 Å². The molecule has 0 spiro atoms. The zero-order valence-corrected chi connectivity index (χ0v) is 12.3. The van der Waals surface area contributed by atoms with E-state index in [1.807, 2.05) is 0 Å². The summed E-state index contributed by atoms with van der Waals surface area (Å²) in [5.74, 6) is -1.69. The minimum atomic E-state index is -1.22. The number of hydrogen-bond donors (Lipinski definition) is 3. The van der Waals surface area contributed by atoms with Crippen molar-refractivity contribution in [2.24, 2.45) is 11.3 Å². The highest BCUT2D eigenvalue weighted by Crippen LogP contribution is 2.41. The van der Waals surface area contributed by atoms with Crippen LogP contribution in [0, 0.1) is 11.3 Å². The van der Waals surface area contributed by atoms with Crippen LogP contribution in [0.1, 0.15) is 49.9 Å². The van der Waals surface area contributed by atoms with Gasteiger partial charge in [0.05, 0.1) is 0 Å². The molecule has 5 nitrogen and oxygen atoms in total. The summed E-state index contributed by atoms with van der Waals surface area (Å²) >= 11 is 0. The number of phenols is 1. The van der Waals surface area contributed by atoms with Gasteiger partial charge in [0, 0.05) is 11.6 Å². The smallest absolute Gasteiger partial charge is 0.339 e. The summed E-state index contributed by atoms with van der Waals surface area (Å²) in [6.45, 7) is 4.19. The summed E-state index contributed by atoms with van der Waals surface area (Å²) in [7, 11) is 0. The van der Waals surface area contributed by atoms with Crippen LogP contribution in [0.3, 0.4) is 0 Å². The molecule has 5 heteroatoms. The number of carboxylic acid groups (broad SMARTS) is 1. The monoisotopic (exact) mass is 291 g/mol. The lowest BCUT2D eigenvalue weighted by Gasteiger charge is -2.37. The first-order chi connectivity index (χ1) is 9.81. The van der Waals surface area contributed by atoms with E-state index in [1.54, 1.807) is 0 Å². The molecular formula is C16H21NO4. The second-order valence-corrected chi connectivity index (χ2v) is 6.31. The number of carbonyl (C=O) groups is 2. The van der Waals surface area contributed by atoms with Crippen LogP contribution in [0.4, 0.5) is 5.69 Å². The number of benzene rings is 1. The number of amides is 1. The molecule has 1 atom stereocenters. The van der Waals surface area contributed by atoms with Gasteiger partial charge in [-0.15, -0.1) is 0 Å². The van der Waals surface area contributed by atoms with Gasteiger partial charge in [-0.3, -0.25) is 4.79 Å². The normalized spacial score (nSPS) is 20.8. The van der Waals surface area contributed by atoms with Crippen molar-refractivity contribution in [3.05, 3.63) is 23.8 Å². The molecule has 1 unspecified atom stereocenters. The zero-order valence-electron chi connectivity index (χ0n) is 12.3. The predicted octanol–water partition coefficient (Wildman–Crippen LogP) is 3.25. The average Bonchev–Trinajstić information content (AvgIpc) is 2.40. The molecule has 1 aliphatic rings. The van der Waals surface area contributed by atoms with Gasteiger partial charge < -0.3 is 15.5 Å². The van der Waals surface area contributed by atoms with Crippen LogP contribution < -0.4 is 5.32 Å². The number of carbonyl (C=O) groups excluding carboxylic acids is 1. The van der Waals surface area contributed by atoms with E-state index in [9.17, 15) is 14.7 Å². The summed E-state index contributed by atoms with van der Waals surface area (Å²) in [4.78, 5) is 23.4. The lowest BCUT2D eigenvalue weighted by Crippen LogP contribution is -2.37. The number of rotatable bonds is 3. The molecule has 1 aromatic carbocycles. The first kappa shape index (κ1) is 15.4. The maximum absolute atomic E-state index is 12.4. The number of aromatic hydroxyl groups is 1. The summed E-state index contributed by atoms with van der Waals surface area (Å²) in [5.41, 5.74) is 0.141. The Morgan fingerprint density at radius 1 is 1.29 bits per heavy atom. The molecule has 0 bridgehead atoms. The topological polar surface area (TPSA) is 86.6 Å². The molecule has 21 heavy (non-hydrogen) atoms. The molecule has 3 N–H and O–H groups in total. The number of hydrogen-bond acceptors (Lipinski definition) is 3. The van der Waals surface area contributed by atoms with Crippen LogP contribution >= 0.6 is 0 Å². The molecule has 0 aliphatic heterocycles. The molecule has 114 valence electrons. The Morgan fingerprint density at radius 3 is 2.62 bits per heavy atom. The SMILES string of the molecule is CC1(C)CCCCC1C(=O)Nc1ccc(O)c(C(=O)O)c1. The molecule has 0 saturated heterocycles. The third-order valence-electron chi connectivity index (χ3n) is 4.32. The highest BCUT2D eigenvalue weighted by molar-refractivity contribution is 5.96. The Morgan fingerprint density at radius 2 is 2.00 bits per heavy atom. The van der Waals surface area contributed by atoms with Crippen LogP contribution in [0.25, 0.3) is 0 Å². The van der Waals surface area contributed by atoms with E-state index in [4.69, 9.17) is 5.11 Å². The van der Waals surface area contributed by atoms with Crippen LogP contribution in [-0.2, 0) is 4.79 Å². The maximum Gasteiger partial charge on any atom is 0.339 e. The third kappa shape index (κ3) is 3.35. The van der Waals surface area contributed by atoms with E-state index in [2.05, 4.69) is 19.2 Å². The fraction of sp³-hybridized carbons (Fsp3) is 0.500. The number of nitrogens with one attached hydrogen (secondary N) is 1. The predicted molar refractivity (Wildman–Crippen MR) is 79.4 cm³/mol. The van der Waals surface area contributed by atoms with E-state index in [1.165, 1.54) is 18.2 Å². The van der Waals surface area contributed by atoms with E-state index >= 15 is 0 Å². The fourth-order valence-electron chi connectivity index (χ4n) is 2.99. The third-order valence-corrected chi connectivity index (χ3v) is 4.32. The van der Waals surface area contributed by atoms with Crippen molar-refractivity contribution in [2.75, 3.05) is 5.32 Å². The lowest BCUT2D eigenvalue weighted by atomic mass is 9.68. The Labute approximate surface area is 124 Å². The quantitative estimate of drug-likeness (QED) is 0.746. The van der Waals surface area contributed by atoms with Crippen molar-refractivity contribution in [3.63, 3.8) is 0 Å². The van der Waals surface area contributed by atoms with Gasteiger partial charge in [-0.1, -0.05) is 26.7 Å². The van der Waals surface area contributed by atoms with Crippen molar-refractivity contribution in [3.8, 4) is 5.75 Å². The molecule has 0 heterocycles. The highest BCUT2D eigenvalue weighted by atomic mass is 16.4. The molecule has 1 fully saturated rings. The van der Waals surface area contributed by atoms with Crippen molar-refractivity contribution in [2.45, 2.75) is 39.5 Å². The van der Waals surface area contributed by atoms with Crippen LogP contribution in [0.15, 0.2) is 18.2 Å². The molecule has 2 rings (SSSR count). The summed E-state index contributed by atoms with van der Waals surface area (Å²) in [6, 6.07) is 4.08. The van der Waals surface area contributed by atoms with Gasteiger partial charge in [-0.25, -0.2) is 4.79 Å². The Hall–Kier alpha value is -2.04. The molecule has 0 aromatic heterocycles. The first-order valence-corrected chi connectivity index (χ1v) is 7.18. The van der Waals surface area contributed by atoms with Gasteiger partial charge in [-0.05, 0) is 36.5 Å². The first-order valence-electron chi connectivity index (χ1n) is 7.18. The molecular weight excluding hydrogens is 270 g/mol. The van der Waals surface area contributed by atoms with Gasteiger partial charge in [0.1, 0.15) is 11.3 Å². The van der Waals surface area contributed by atoms with Gasteiger partial charge in [0.25, 0.3) is 0 Å². The summed E-state index contributed by atoms with van der Waals surface area (Å²) in [5, 5.41) is 21.2. The van der Waals surface area contributed by atoms with E-state index in [-0.39, 0.29) is 28.6 Å². The minimum Gasteiger partial charge on any atom is -0.507 e. The Balaban J connectivity index is 2.16. The number of anilines is 1. The van der Waals surface area contributed by atoms with Gasteiger partial charge in [-0.2, -0.15) is 0 Å².